The molecule has 0 aliphatic heterocycles. The molecule has 0 saturated heterocycles. The van der Waals surface area contributed by atoms with Gasteiger partial charge in [0.2, 0.25) is 5.88 Å². The van der Waals surface area contributed by atoms with Gasteiger partial charge in [0.25, 0.3) is 11.8 Å². The van der Waals surface area contributed by atoms with Crippen LogP contribution in [0.25, 0.3) is 10.4 Å². The molecule has 0 fully saturated rings. The molecule has 4 N–H and O–H groups in total. The summed E-state index contributed by atoms with van der Waals surface area (Å²) in [5.41, 5.74) is 8.57. The van der Waals surface area contributed by atoms with Crippen molar-refractivity contribution in [2.45, 2.75) is 19.1 Å². The van der Waals surface area contributed by atoms with Crippen LogP contribution in [0.1, 0.15) is 38.4 Å². The Labute approximate surface area is 288 Å². The highest BCUT2D eigenvalue weighted by Crippen LogP contribution is 2.31. The lowest BCUT2D eigenvalue weighted by molar-refractivity contribution is -0.141. The van der Waals surface area contributed by atoms with Crippen LogP contribution in [-0.2, 0) is 12.7 Å². The number of nitrogens with zero attached hydrogens (tertiary/aromatic N) is 6. The first-order chi connectivity index (χ1) is 24.5. The summed E-state index contributed by atoms with van der Waals surface area (Å²) in [6.45, 7) is 0.519. The van der Waals surface area contributed by atoms with E-state index in [0.717, 1.165) is 6.07 Å². The Morgan fingerprint density at radius 2 is 1.47 bits per heavy atom. The van der Waals surface area contributed by atoms with Crippen LogP contribution in [0.4, 0.5) is 29.3 Å². The van der Waals surface area contributed by atoms with Gasteiger partial charge in [-0.05, 0) is 90.3 Å². The van der Waals surface area contributed by atoms with Crippen molar-refractivity contribution < 1.29 is 42.1 Å². The predicted octanol–water partition coefficient (Wildman–Crippen LogP) is 7.31. The van der Waals surface area contributed by atoms with E-state index in [1.165, 1.54) is 24.3 Å². The van der Waals surface area contributed by atoms with Crippen LogP contribution in [0.3, 0.4) is 0 Å². The Balaban J connectivity index is 1.23. The number of benzene rings is 3. The highest BCUT2D eigenvalue weighted by atomic mass is 19.4. The molecule has 0 aliphatic carbocycles. The van der Waals surface area contributed by atoms with Gasteiger partial charge in [0, 0.05) is 48.3 Å². The van der Waals surface area contributed by atoms with Gasteiger partial charge in [-0.1, -0.05) is 11.2 Å². The van der Waals surface area contributed by atoms with Crippen molar-refractivity contribution in [3.05, 3.63) is 118 Å². The quantitative estimate of drug-likeness (QED) is 0.0403. The van der Waals surface area contributed by atoms with Crippen molar-refractivity contribution in [1.82, 2.24) is 20.9 Å². The van der Waals surface area contributed by atoms with Gasteiger partial charge in [0.15, 0.2) is 0 Å². The molecule has 0 unspecified atom stereocenters. The smallest absolute Gasteiger partial charge is 0.433 e. The van der Waals surface area contributed by atoms with Crippen molar-refractivity contribution in [3.8, 4) is 17.4 Å². The number of hydrogen-bond acceptors (Lipinski definition) is 9. The van der Waals surface area contributed by atoms with Crippen LogP contribution in [0, 0.1) is 0 Å². The first-order valence-corrected chi connectivity index (χ1v) is 15.1. The van der Waals surface area contributed by atoms with E-state index >= 15 is 0 Å². The van der Waals surface area contributed by atoms with E-state index in [-0.39, 0.29) is 35.9 Å². The van der Waals surface area contributed by atoms with Crippen LogP contribution >= 0.6 is 0 Å². The number of azo groups is 1. The van der Waals surface area contributed by atoms with Gasteiger partial charge in [0.05, 0.1) is 18.0 Å². The number of nitrogens with one attached hydrogen (secondary N) is 3. The third kappa shape index (κ3) is 12.4. The molecule has 1 aromatic heterocycles. The van der Waals surface area contributed by atoms with Crippen LogP contribution in [-0.4, -0.2) is 54.2 Å². The van der Waals surface area contributed by atoms with Gasteiger partial charge in [0.1, 0.15) is 17.2 Å². The zero-order valence-corrected chi connectivity index (χ0v) is 26.6. The normalized spacial score (nSPS) is 11.0. The van der Waals surface area contributed by atoms with E-state index in [1.54, 1.807) is 48.5 Å². The molecule has 3 aromatic carbocycles. The van der Waals surface area contributed by atoms with Gasteiger partial charge in [-0.25, -0.2) is 9.78 Å². The van der Waals surface area contributed by atoms with Crippen LogP contribution in [0.5, 0.6) is 17.4 Å². The Morgan fingerprint density at radius 3 is 2.10 bits per heavy atom. The summed E-state index contributed by atoms with van der Waals surface area (Å²) in [5.74, 6) is -0.704. The van der Waals surface area contributed by atoms with Gasteiger partial charge in [-0.3, -0.25) is 9.59 Å². The Hall–Kier alpha value is -6.68. The maximum Gasteiger partial charge on any atom is 0.433 e. The van der Waals surface area contributed by atoms with E-state index in [9.17, 15) is 27.6 Å². The molecule has 0 aliphatic rings. The molecule has 51 heavy (non-hydrogen) atoms. The molecule has 0 radical (unpaired) electrons. The Morgan fingerprint density at radius 1 is 0.824 bits per heavy atom. The number of hydrogen-bond donors (Lipinski definition) is 4. The molecule has 1 heterocycles. The molecule has 18 heteroatoms. The Bertz CT molecular complexity index is 1900. The second-order valence-corrected chi connectivity index (χ2v) is 10.4. The highest BCUT2D eigenvalue weighted by molar-refractivity contribution is 5.95. The number of alkyl halides is 3. The molecule has 15 nitrogen and oxygen atoms in total. The van der Waals surface area contributed by atoms with Crippen molar-refractivity contribution in [2.75, 3.05) is 26.2 Å². The monoisotopic (exact) mass is 705 g/mol. The first-order valence-electron chi connectivity index (χ1n) is 15.1. The molecular formula is C33H30F3N9O6. The third-order valence-corrected chi connectivity index (χ3v) is 6.59. The maximum absolute atomic E-state index is 13.4. The summed E-state index contributed by atoms with van der Waals surface area (Å²) in [4.78, 5) is 42.2. The molecule has 264 valence electrons. The number of amides is 3. The molecule has 0 spiro atoms. The molecule has 4 aromatic rings. The predicted molar refractivity (Wildman–Crippen MR) is 176 cm³/mol. The number of carbonyl (C=O) groups excluding carboxylic acids is 2. The second kappa shape index (κ2) is 18.2. The number of azide groups is 1. The molecule has 4 rings (SSSR count). The zero-order chi connectivity index (χ0) is 36.6. The van der Waals surface area contributed by atoms with Crippen molar-refractivity contribution in [1.29, 1.82) is 0 Å². The average Bonchev–Trinajstić information content (AvgIpc) is 3.11. The molecule has 3 amide bonds. The van der Waals surface area contributed by atoms with Gasteiger partial charge >= 0.3 is 12.3 Å². The Kier molecular flexibility index (Phi) is 13.2. The van der Waals surface area contributed by atoms with Gasteiger partial charge in [-0.15, -0.1) is 0 Å². The zero-order valence-electron chi connectivity index (χ0n) is 26.6. The number of halogens is 3. The topological polar surface area (TPSA) is 212 Å². The van der Waals surface area contributed by atoms with Gasteiger partial charge in [-0.2, -0.15) is 23.4 Å². The van der Waals surface area contributed by atoms with Crippen molar-refractivity contribution in [3.63, 3.8) is 0 Å². The fraction of sp³-hybridized carbons (Fsp3) is 0.212. The van der Waals surface area contributed by atoms with E-state index in [1.807, 2.05) is 5.32 Å². The minimum atomic E-state index is -4.81. The second-order valence-electron chi connectivity index (χ2n) is 10.4. The lowest BCUT2D eigenvalue weighted by Gasteiger charge is -2.13. The molecule has 0 saturated carbocycles. The van der Waals surface area contributed by atoms with Crippen molar-refractivity contribution in [2.24, 2.45) is 15.3 Å². The van der Waals surface area contributed by atoms with Crippen LogP contribution < -0.4 is 25.4 Å². The number of rotatable bonds is 16. The summed E-state index contributed by atoms with van der Waals surface area (Å²) in [5, 5.41) is 27.9. The van der Waals surface area contributed by atoms with E-state index in [2.05, 4.69) is 35.9 Å². The largest absolute Gasteiger partial charge is 0.494 e. The minimum absolute atomic E-state index is 0.0158. The number of ether oxygens (including phenoxy) is 2. The fourth-order valence-electron chi connectivity index (χ4n) is 4.19. The fourth-order valence-corrected chi connectivity index (χ4v) is 4.19. The number of carbonyl (C=O) groups is 3. The standard InChI is InChI=1S/C33H30F3N9O6/c34-33(35,36)28-17-21(20-40-32(48)49)18-29(42-28)51-27-4-1-3-23(19-27)31(47)39-15-14-38-30(46)22-5-7-24(8-6-22)43-44-25-9-11-26(12-10-25)50-16-2-13-41-45-37/h1,3-12,17-19,40H,2,13-16,20H2,(H,38,46)(H,39,47)(H,48,49)/b44-43+. The lowest BCUT2D eigenvalue weighted by atomic mass is 10.2. The SMILES string of the molecule is [N-]=[N+]=NCCCOc1ccc(/N=N/c2ccc(C(=O)NCCNC(=O)c3cccc(Oc4cc(CNC(=O)O)cc(C(F)(F)F)n4)c3)cc2)cc1. The minimum Gasteiger partial charge on any atom is -0.494 e. The number of pyridine rings is 1. The maximum atomic E-state index is 13.4. The molecular weight excluding hydrogens is 675 g/mol. The lowest BCUT2D eigenvalue weighted by Crippen LogP contribution is -2.34. The van der Waals surface area contributed by atoms with Gasteiger partial charge < -0.3 is 30.5 Å². The summed E-state index contributed by atoms with van der Waals surface area (Å²) >= 11 is 0. The first kappa shape index (κ1) is 37.1. The van der Waals surface area contributed by atoms with E-state index in [0.29, 0.717) is 48.3 Å². The molecule has 0 bridgehead atoms. The van der Waals surface area contributed by atoms with E-state index in [4.69, 9.17) is 20.1 Å². The van der Waals surface area contributed by atoms with Crippen molar-refractivity contribution >= 4 is 29.3 Å². The average molecular weight is 706 g/mol. The number of aromatic nitrogens is 1. The van der Waals surface area contributed by atoms with E-state index < -0.39 is 36.3 Å². The van der Waals surface area contributed by atoms with Crippen LogP contribution in [0.2, 0.25) is 0 Å². The number of carboxylic acid groups (broad SMARTS) is 1. The summed E-state index contributed by atoms with van der Waals surface area (Å²) in [6.07, 6.45) is -5.63. The summed E-state index contributed by atoms with van der Waals surface area (Å²) < 4.78 is 51.1. The molecule has 0 atom stereocenters. The summed E-state index contributed by atoms with van der Waals surface area (Å²) in [7, 11) is 0. The highest BCUT2D eigenvalue weighted by Gasteiger charge is 2.33. The summed E-state index contributed by atoms with van der Waals surface area (Å²) in [6, 6.07) is 20.8. The van der Waals surface area contributed by atoms with Crippen LogP contribution in [0.15, 0.2) is 100 Å². The third-order valence-electron chi connectivity index (χ3n) is 6.59.